The van der Waals surface area contributed by atoms with E-state index in [9.17, 15) is 18.3 Å². The number of terminal acetylenes is 1. The smallest absolute Gasteiger partial charge is 0.314 e. The molecule has 0 aromatic heterocycles. The lowest BCUT2D eigenvalue weighted by atomic mass is 9.91. The summed E-state index contributed by atoms with van der Waals surface area (Å²) < 4.78 is 41.4. The van der Waals surface area contributed by atoms with E-state index in [1.54, 1.807) is 5.92 Å². The number of aliphatic hydroxyl groups is 1. The predicted molar refractivity (Wildman–Crippen MR) is 57.6 cm³/mol. The molecule has 1 aromatic carbocycles. The van der Waals surface area contributed by atoms with Gasteiger partial charge in [0.2, 0.25) is 0 Å². The molecule has 2 nitrogen and oxygen atoms in total. The normalized spacial score (nSPS) is 15.1. The molecule has 0 amide bonds. The summed E-state index contributed by atoms with van der Waals surface area (Å²) in [5.74, 6) is -3.48. The molecule has 92 valence electrons. The van der Waals surface area contributed by atoms with Crippen molar-refractivity contribution in [3.8, 4) is 12.3 Å². The van der Waals surface area contributed by atoms with Crippen molar-refractivity contribution in [2.75, 3.05) is 0 Å². The van der Waals surface area contributed by atoms with E-state index in [2.05, 4.69) is 0 Å². The Kier molecular flexibility index (Phi) is 3.51. The van der Waals surface area contributed by atoms with Crippen molar-refractivity contribution in [1.29, 1.82) is 0 Å². The lowest BCUT2D eigenvalue weighted by molar-refractivity contribution is -0.148. The van der Waals surface area contributed by atoms with Crippen LogP contribution in [-0.2, 0) is 12.5 Å². The van der Waals surface area contributed by atoms with Crippen LogP contribution in [0.15, 0.2) is 18.2 Å². The van der Waals surface area contributed by atoms with Gasteiger partial charge in [-0.3, -0.25) is 0 Å². The highest BCUT2D eigenvalue weighted by molar-refractivity contribution is 5.33. The summed E-state index contributed by atoms with van der Waals surface area (Å²) in [5, 5.41) is 9.41. The SMILES string of the molecule is C#CC(C)(O)C(F)(F)c1cccc(CN)c1F. The van der Waals surface area contributed by atoms with E-state index in [0.29, 0.717) is 0 Å². The maximum atomic E-state index is 13.8. The minimum Gasteiger partial charge on any atom is -0.372 e. The minimum absolute atomic E-state index is 0.0602. The van der Waals surface area contributed by atoms with E-state index in [4.69, 9.17) is 12.2 Å². The van der Waals surface area contributed by atoms with Gasteiger partial charge >= 0.3 is 5.92 Å². The molecular formula is C12H12F3NO. The number of hydrogen-bond acceptors (Lipinski definition) is 2. The fraction of sp³-hybridized carbons (Fsp3) is 0.333. The van der Waals surface area contributed by atoms with Crippen LogP contribution in [0.1, 0.15) is 18.1 Å². The van der Waals surface area contributed by atoms with Crippen LogP contribution >= 0.6 is 0 Å². The van der Waals surface area contributed by atoms with Gasteiger partial charge in [0.15, 0.2) is 5.60 Å². The number of hydrogen-bond donors (Lipinski definition) is 2. The summed E-state index contributed by atoms with van der Waals surface area (Å²) in [7, 11) is 0. The van der Waals surface area contributed by atoms with Crippen molar-refractivity contribution in [3.63, 3.8) is 0 Å². The first-order valence-corrected chi connectivity index (χ1v) is 4.84. The maximum absolute atomic E-state index is 13.8. The molecular weight excluding hydrogens is 231 g/mol. The molecule has 0 aliphatic rings. The molecule has 1 unspecified atom stereocenters. The molecule has 0 spiro atoms. The Balaban J connectivity index is 3.40. The number of alkyl halides is 2. The van der Waals surface area contributed by atoms with E-state index >= 15 is 0 Å². The molecule has 0 radical (unpaired) electrons. The highest BCUT2D eigenvalue weighted by Crippen LogP contribution is 2.40. The highest BCUT2D eigenvalue weighted by Gasteiger charge is 2.51. The zero-order valence-electron chi connectivity index (χ0n) is 9.17. The Morgan fingerprint density at radius 3 is 2.53 bits per heavy atom. The van der Waals surface area contributed by atoms with Gasteiger partial charge in [-0.05, 0) is 13.0 Å². The average molecular weight is 243 g/mol. The van der Waals surface area contributed by atoms with Gasteiger partial charge in [-0.1, -0.05) is 18.1 Å². The molecule has 1 rings (SSSR count). The Morgan fingerprint density at radius 2 is 2.06 bits per heavy atom. The number of rotatable bonds is 3. The molecule has 1 atom stereocenters. The predicted octanol–water partition coefficient (Wildman–Crippen LogP) is 1.76. The lowest BCUT2D eigenvalue weighted by Crippen LogP contribution is -2.42. The third-order valence-corrected chi connectivity index (χ3v) is 2.53. The summed E-state index contributed by atoms with van der Waals surface area (Å²) in [6.07, 6.45) is 4.82. The van der Waals surface area contributed by atoms with Crippen LogP contribution in [0, 0.1) is 18.2 Å². The second-order valence-electron chi connectivity index (χ2n) is 3.77. The van der Waals surface area contributed by atoms with E-state index in [1.165, 1.54) is 12.1 Å². The topological polar surface area (TPSA) is 46.2 Å². The van der Waals surface area contributed by atoms with Crippen LogP contribution in [0.4, 0.5) is 13.2 Å². The number of benzene rings is 1. The fourth-order valence-electron chi connectivity index (χ4n) is 1.33. The van der Waals surface area contributed by atoms with Crippen LogP contribution in [0.5, 0.6) is 0 Å². The van der Waals surface area contributed by atoms with Gasteiger partial charge in [0.25, 0.3) is 0 Å². The molecule has 0 aliphatic carbocycles. The third kappa shape index (κ3) is 2.14. The quantitative estimate of drug-likeness (QED) is 0.795. The molecule has 0 fully saturated rings. The molecule has 0 saturated carbocycles. The Morgan fingerprint density at radius 1 is 1.47 bits per heavy atom. The number of halogens is 3. The van der Waals surface area contributed by atoms with Crippen molar-refractivity contribution in [1.82, 2.24) is 0 Å². The first-order chi connectivity index (χ1) is 7.78. The van der Waals surface area contributed by atoms with Gasteiger partial charge < -0.3 is 10.8 Å². The summed E-state index contributed by atoms with van der Waals surface area (Å²) in [6.45, 7) is 0.537. The Labute approximate surface area is 97.3 Å². The van der Waals surface area contributed by atoms with Gasteiger partial charge in [-0.25, -0.2) is 4.39 Å². The second kappa shape index (κ2) is 4.40. The van der Waals surface area contributed by atoms with E-state index < -0.39 is 22.9 Å². The first kappa shape index (κ1) is 13.6. The van der Waals surface area contributed by atoms with Gasteiger partial charge in [-0.15, -0.1) is 6.42 Å². The average Bonchev–Trinajstić information content (AvgIpc) is 2.28. The number of nitrogens with two attached hydrogens (primary N) is 1. The van der Waals surface area contributed by atoms with Crippen LogP contribution in [-0.4, -0.2) is 10.7 Å². The van der Waals surface area contributed by atoms with Crippen molar-refractivity contribution in [3.05, 3.63) is 35.1 Å². The van der Waals surface area contributed by atoms with Gasteiger partial charge in [0.1, 0.15) is 5.82 Å². The molecule has 0 bridgehead atoms. The molecule has 1 aromatic rings. The van der Waals surface area contributed by atoms with Crippen LogP contribution in [0.25, 0.3) is 0 Å². The van der Waals surface area contributed by atoms with Gasteiger partial charge in [0, 0.05) is 12.1 Å². The van der Waals surface area contributed by atoms with Crippen molar-refractivity contribution in [2.24, 2.45) is 5.73 Å². The van der Waals surface area contributed by atoms with Gasteiger partial charge in [0.05, 0.1) is 5.56 Å². The van der Waals surface area contributed by atoms with Crippen LogP contribution in [0.2, 0.25) is 0 Å². The van der Waals surface area contributed by atoms with E-state index in [-0.39, 0.29) is 12.1 Å². The van der Waals surface area contributed by atoms with Crippen molar-refractivity contribution in [2.45, 2.75) is 25.0 Å². The highest BCUT2D eigenvalue weighted by atomic mass is 19.3. The molecule has 0 heterocycles. The summed E-state index contributed by atoms with van der Waals surface area (Å²) in [4.78, 5) is 0. The fourth-order valence-corrected chi connectivity index (χ4v) is 1.33. The summed E-state index contributed by atoms with van der Waals surface area (Å²) in [6, 6.07) is 3.40. The minimum atomic E-state index is -3.89. The second-order valence-corrected chi connectivity index (χ2v) is 3.77. The molecule has 3 N–H and O–H groups in total. The summed E-state index contributed by atoms with van der Waals surface area (Å²) in [5.41, 5.74) is 1.44. The monoisotopic (exact) mass is 243 g/mol. The zero-order chi connectivity index (χ0) is 13.3. The zero-order valence-corrected chi connectivity index (χ0v) is 9.17. The van der Waals surface area contributed by atoms with E-state index in [0.717, 1.165) is 13.0 Å². The Bertz CT molecular complexity index is 463. The maximum Gasteiger partial charge on any atom is 0.314 e. The van der Waals surface area contributed by atoms with E-state index in [1.807, 2.05) is 0 Å². The third-order valence-electron chi connectivity index (χ3n) is 2.53. The molecule has 0 saturated heterocycles. The summed E-state index contributed by atoms with van der Waals surface area (Å²) >= 11 is 0. The van der Waals surface area contributed by atoms with Gasteiger partial charge in [-0.2, -0.15) is 8.78 Å². The molecule has 0 aliphatic heterocycles. The largest absolute Gasteiger partial charge is 0.372 e. The lowest BCUT2D eigenvalue weighted by Gasteiger charge is -2.28. The standard InChI is InChI=1S/C12H12F3NO/c1-3-11(2,17)12(14,15)9-6-4-5-8(7-16)10(9)13/h1,4-6,17H,7,16H2,2H3. The first-order valence-electron chi connectivity index (χ1n) is 4.84. The molecule has 17 heavy (non-hydrogen) atoms. The van der Waals surface area contributed by atoms with Crippen LogP contribution < -0.4 is 5.73 Å². The van der Waals surface area contributed by atoms with Crippen molar-refractivity contribution < 1.29 is 18.3 Å². The molecule has 5 heteroatoms. The van der Waals surface area contributed by atoms with Crippen LogP contribution in [0.3, 0.4) is 0 Å². The van der Waals surface area contributed by atoms with Crippen molar-refractivity contribution >= 4 is 0 Å². The Hall–Kier alpha value is -1.51.